The van der Waals surface area contributed by atoms with Crippen LogP contribution in [-0.4, -0.2) is 24.3 Å². The largest absolute Gasteiger partial charge is 0.396 e. The first-order chi connectivity index (χ1) is 7.42. The van der Waals surface area contributed by atoms with E-state index in [9.17, 15) is 0 Å². The molecule has 0 radical (unpaired) electrons. The van der Waals surface area contributed by atoms with Crippen molar-refractivity contribution in [2.45, 2.75) is 57.4 Å². The molecular formula is C13H25NO. The predicted octanol–water partition coefficient (Wildman–Crippen LogP) is 2.32. The highest BCUT2D eigenvalue weighted by Gasteiger charge is 2.40. The molecule has 2 heteroatoms. The van der Waals surface area contributed by atoms with Crippen molar-refractivity contribution >= 4 is 0 Å². The quantitative estimate of drug-likeness (QED) is 0.574. The lowest BCUT2D eigenvalue weighted by atomic mass is 10.1. The number of aliphatic hydroxyl groups is 1. The van der Waals surface area contributed by atoms with Gasteiger partial charge < -0.3 is 10.4 Å². The van der Waals surface area contributed by atoms with Crippen LogP contribution in [0.2, 0.25) is 0 Å². The fourth-order valence-electron chi connectivity index (χ4n) is 2.49. The van der Waals surface area contributed by atoms with Crippen molar-refractivity contribution in [3.8, 4) is 0 Å². The van der Waals surface area contributed by atoms with Crippen LogP contribution in [0.1, 0.15) is 51.4 Å². The Labute approximate surface area is 93.5 Å². The lowest BCUT2D eigenvalue weighted by Crippen LogP contribution is -2.33. The van der Waals surface area contributed by atoms with Crippen molar-refractivity contribution in [2.75, 3.05) is 13.2 Å². The third-order valence-electron chi connectivity index (χ3n) is 3.72. The van der Waals surface area contributed by atoms with Gasteiger partial charge in [-0.1, -0.05) is 12.8 Å². The van der Waals surface area contributed by atoms with Crippen molar-refractivity contribution in [2.24, 2.45) is 11.8 Å². The summed E-state index contributed by atoms with van der Waals surface area (Å²) in [7, 11) is 0. The normalized spacial score (nSPS) is 21.2. The van der Waals surface area contributed by atoms with Gasteiger partial charge in [-0.25, -0.2) is 0 Å². The molecule has 0 aromatic carbocycles. The molecule has 0 heterocycles. The third-order valence-corrected chi connectivity index (χ3v) is 3.72. The van der Waals surface area contributed by atoms with Gasteiger partial charge in [0.1, 0.15) is 0 Å². The summed E-state index contributed by atoms with van der Waals surface area (Å²) in [6.45, 7) is 1.56. The molecule has 2 N–H and O–H groups in total. The van der Waals surface area contributed by atoms with Gasteiger partial charge in [-0.05, 0) is 56.9 Å². The topological polar surface area (TPSA) is 32.3 Å². The van der Waals surface area contributed by atoms with Crippen LogP contribution in [-0.2, 0) is 0 Å². The second-order valence-electron chi connectivity index (χ2n) is 5.29. The molecule has 0 bridgehead atoms. The summed E-state index contributed by atoms with van der Waals surface area (Å²) < 4.78 is 0. The highest BCUT2D eigenvalue weighted by molar-refractivity contribution is 4.96. The smallest absolute Gasteiger partial charge is 0.0431 e. The van der Waals surface area contributed by atoms with Gasteiger partial charge >= 0.3 is 0 Å². The van der Waals surface area contributed by atoms with Crippen molar-refractivity contribution in [1.29, 1.82) is 0 Å². The number of rotatable bonds is 9. The summed E-state index contributed by atoms with van der Waals surface area (Å²) in [6.07, 6.45) is 10.6. The van der Waals surface area contributed by atoms with Crippen LogP contribution in [0.3, 0.4) is 0 Å². The van der Waals surface area contributed by atoms with E-state index in [1.54, 1.807) is 0 Å². The minimum absolute atomic E-state index is 0.361. The molecule has 2 aliphatic rings. The minimum Gasteiger partial charge on any atom is -0.396 e. The second kappa shape index (κ2) is 5.86. The predicted molar refractivity (Wildman–Crippen MR) is 62.8 cm³/mol. The van der Waals surface area contributed by atoms with E-state index in [0.29, 0.717) is 6.61 Å². The van der Waals surface area contributed by atoms with Crippen molar-refractivity contribution in [3.63, 3.8) is 0 Å². The molecule has 88 valence electrons. The van der Waals surface area contributed by atoms with Crippen LogP contribution >= 0.6 is 0 Å². The maximum Gasteiger partial charge on any atom is 0.0431 e. The van der Waals surface area contributed by atoms with Crippen LogP contribution in [0, 0.1) is 11.8 Å². The molecule has 0 spiro atoms. The Morgan fingerprint density at radius 1 is 0.933 bits per heavy atom. The lowest BCUT2D eigenvalue weighted by molar-refractivity contribution is 0.282. The Bertz CT molecular complexity index is 163. The molecule has 2 aliphatic carbocycles. The van der Waals surface area contributed by atoms with Crippen molar-refractivity contribution < 1.29 is 5.11 Å². The summed E-state index contributed by atoms with van der Waals surface area (Å²) in [5.74, 6) is 2.05. The first-order valence-electron chi connectivity index (χ1n) is 6.76. The molecule has 0 aliphatic heterocycles. The molecule has 0 atom stereocenters. The Hall–Kier alpha value is -0.0800. The van der Waals surface area contributed by atoms with Gasteiger partial charge in [-0.2, -0.15) is 0 Å². The first kappa shape index (κ1) is 11.4. The Morgan fingerprint density at radius 2 is 1.53 bits per heavy atom. The zero-order valence-electron chi connectivity index (χ0n) is 9.75. The first-order valence-corrected chi connectivity index (χ1v) is 6.76. The fourth-order valence-corrected chi connectivity index (χ4v) is 2.49. The van der Waals surface area contributed by atoms with E-state index >= 15 is 0 Å². The monoisotopic (exact) mass is 211 g/mol. The molecule has 0 saturated heterocycles. The lowest BCUT2D eigenvalue weighted by Gasteiger charge is -2.17. The van der Waals surface area contributed by atoms with E-state index < -0.39 is 0 Å². The summed E-state index contributed by atoms with van der Waals surface area (Å²) in [5.41, 5.74) is 0. The Balaban J connectivity index is 1.48. The average molecular weight is 211 g/mol. The summed E-state index contributed by atoms with van der Waals surface area (Å²) >= 11 is 0. The second-order valence-corrected chi connectivity index (χ2v) is 5.29. The van der Waals surface area contributed by atoms with Gasteiger partial charge in [0.2, 0.25) is 0 Å². The summed E-state index contributed by atoms with van der Waals surface area (Å²) in [6, 6.07) is 0.864. The maximum atomic E-state index is 8.66. The van der Waals surface area contributed by atoms with Crippen LogP contribution in [0.25, 0.3) is 0 Å². The van der Waals surface area contributed by atoms with Crippen molar-refractivity contribution in [1.82, 2.24) is 5.32 Å². The van der Waals surface area contributed by atoms with Gasteiger partial charge in [0.25, 0.3) is 0 Å². The fraction of sp³-hybridized carbons (Fsp3) is 1.00. The SMILES string of the molecule is OCCCCCCNC(C1CC1)C1CC1. The third kappa shape index (κ3) is 4.12. The van der Waals surface area contributed by atoms with Crippen LogP contribution in [0.4, 0.5) is 0 Å². The van der Waals surface area contributed by atoms with Gasteiger partial charge in [0.05, 0.1) is 0 Å². The highest BCUT2D eigenvalue weighted by Crippen LogP contribution is 2.44. The molecular weight excluding hydrogens is 186 g/mol. The highest BCUT2D eigenvalue weighted by atomic mass is 16.2. The summed E-state index contributed by atoms with van der Waals surface area (Å²) in [5, 5.41) is 12.4. The van der Waals surface area contributed by atoms with E-state index in [1.807, 2.05) is 0 Å². The minimum atomic E-state index is 0.361. The average Bonchev–Trinajstić information content (AvgIpc) is 3.09. The molecule has 15 heavy (non-hydrogen) atoms. The van der Waals surface area contributed by atoms with E-state index in [-0.39, 0.29) is 0 Å². The van der Waals surface area contributed by atoms with Crippen molar-refractivity contribution in [3.05, 3.63) is 0 Å². The van der Waals surface area contributed by atoms with Crippen LogP contribution in [0.5, 0.6) is 0 Å². The zero-order chi connectivity index (χ0) is 10.5. The number of hydrogen-bond donors (Lipinski definition) is 2. The molecule has 0 unspecified atom stereocenters. The molecule has 2 fully saturated rings. The Morgan fingerprint density at radius 3 is 2.07 bits per heavy atom. The van der Waals surface area contributed by atoms with Crippen LogP contribution in [0.15, 0.2) is 0 Å². The molecule has 2 saturated carbocycles. The molecule has 2 nitrogen and oxygen atoms in total. The maximum absolute atomic E-state index is 8.66. The summed E-state index contributed by atoms with van der Waals surface area (Å²) in [4.78, 5) is 0. The molecule has 0 aromatic heterocycles. The van der Waals surface area contributed by atoms with E-state index in [4.69, 9.17) is 5.11 Å². The molecule has 0 amide bonds. The van der Waals surface area contributed by atoms with E-state index in [1.165, 1.54) is 51.5 Å². The Kier molecular flexibility index (Phi) is 4.45. The van der Waals surface area contributed by atoms with Gasteiger partial charge in [0.15, 0.2) is 0 Å². The molecule has 2 rings (SSSR count). The van der Waals surface area contributed by atoms with Gasteiger partial charge in [-0.15, -0.1) is 0 Å². The zero-order valence-corrected chi connectivity index (χ0v) is 9.75. The van der Waals surface area contributed by atoms with E-state index in [2.05, 4.69) is 5.32 Å². The number of hydrogen-bond acceptors (Lipinski definition) is 2. The van der Waals surface area contributed by atoms with Crippen LogP contribution < -0.4 is 5.32 Å². The standard InChI is InChI=1S/C13H25NO/c15-10-4-2-1-3-9-14-13(11-5-6-11)12-7-8-12/h11-15H,1-10H2. The van der Waals surface area contributed by atoms with Gasteiger partial charge in [-0.3, -0.25) is 0 Å². The number of unbranched alkanes of at least 4 members (excludes halogenated alkanes) is 3. The van der Waals surface area contributed by atoms with Gasteiger partial charge in [0, 0.05) is 12.6 Å². The molecule has 0 aromatic rings. The number of aliphatic hydroxyl groups excluding tert-OH is 1. The number of nitrogens with one attached hydrogen (secondary N) is 1. The van der Waals surface area contributed by atoms with E-state index in [0.717, 1.165) is 24.3 Å².